The molecule has 9 heteroatoms. The van der Waals surface area contributed by atoms with E-state index in [1.165, 1.54) is 24.3 Å². The van der Waals surface area contributed by atoms with Crippen molar-refractivity contribution in [3.63, 3.8) is 0 Å². The number of ketones is 2. The van der Waals surface area contributed by atoms with Crippen molar-refractivity contribution in [3.8, 4) is 5.69 Å². The van der Waals surface area contributed by atoms with Gasteiger partial charge < -0.3 is 5.11 Å². The van der Waals surface area contributed by atoms with Crippen LogP contribution in [0.25, 0.3) is 5.69 Å². The second-order valence-corrected chi connectivity index (χ2v) is 5.03. The lowest BCUT2D eigenvalue weighted by atomic mass is 9.74. The quantitative estimate of drug-likeness (QED) is 0.798. The highest BCUT2D eigenvalue weighted by molar-refractivity contribution is 6.48. The molecule has 23 heavy (non-hydrogen) atoms. The molecule has 0 radical (unpaired) electrons. The number of aliphatic hydroxyl groups is 1. The Hall–Kier alpha value is -2.68. The molecule has 0 saturated heterocycles. The number of Topliss-reactive ketones (excluding diaryl/α,β-unsaturated/α-hetero) is 2. The van der Waals surface area contributed by atoms with Crippen LogP contribution in [0, 0.1) is 0 Å². The molecule has 2 unspecified atom stereocenters. The predicted molar refractivity (Wildman–Crippen MR) is 70.2 cm³/mol. The van der Waals surface area contributed by atoms with E-state index in [1.54, 1.807) is 6.07 Å². The molecule has 1 fully saturated rings. The van der Waals surface area contributed by atoms with E-state index in [9.17, 15) is 32.7 Å². The maximum Gasteiger partial charge on any atom is 0.433 e. The van der Waals surface area contributed by atoms with Gasteiger partial charge in [0.2, 0.25) is 11.6 Å². The van der Waals surface area contributed by atoms with E-state index >= 15 is 0 Å². The fourth-order valence-electron chi connectivity index (χ4n) is 2.50. The maximum absolute atomic E-state index is 13.2. The number of aliphatic hydroxyl groups excluding tert-OH is 1. The Kier molecular flexibility index (Phi) is 3.25. The molecule has 0 spiro atoms. The maximum atomic E-state index is 13.2. The number of hydrogen-bond acceptors (Lipinski definition) is 4. The third kappa shape index (κ3) is 2.20. The molecular formula is C14H9F3N2O4. The van der Waals surface area contributed by atoms with E-state index in [-0.39, 0.29) is 5.69 Å². The van der Waals surface area contributed by atoms with Crippen LogP contribution in [0.5, 0.6) is 0 Å². The number of nitrogens with one attached hydrogen (secondary N) is 1. The molecule has 0 aliphatic heterocycles. The van der Waals surface area contributed by atoms with Gasteiger partial charge in [-0.3, -0.25) is 19.5 Å². The molecule has 2 aromatic rings. The van der Waals surface area contributed by atoms with Gasteiger partial charge in [-0.25, -0.2) is 4.68 Å². The van der Waals surface area contributed by atoms with Crippen molar-refractivity contribution in [1.82, 2.24) is 9.78 Å². The normalized spacial score (nSPS) is 21.4. The molecule has 1 aliphatic carbocycles. The lowest BCUT2D eigenvalue weighted by molar-refractivity contribution is -0.155. The minimum absolute atomic E-state index is 0.127. The second kappa shape index (κ2) is 4.92. The molecule has 1 aromatic carbocycles. The zero-order valence-electron chi connectivity index (χ0n) is 11.3. The van der Waals surface area contributed by atoms with Crippen molar-refractivity contribution in [2.75, 3.05) is 0 Å². The van der Waals surface area contributed by atoms with Gasteiger partial charge in [0, 0.05) is 0 Å². The molecule has 1 saturated carbocycles. The van der Waals surface area contributed by atoms with Crippen LogP contribution >= 0.6 is 0 Å². The summed E-state index contributed by atoms with van der Waals surface area (Å²) >= 11 is 0. The monoisotopic (exact) mass is 326 g/mol. The predicted octanol–water partition coefficient (Wildman–Crippen LogP) is 0.781. The van der Waals surface area contributed by atoms with Crippen LogP contribution < -0.4 is 5.56 Å². The second-order valence-electron chi connectivity index (χ2n) is 5.03. The number of benzene rings is 1. The summed E-state index contributed by atoms with van der Waals surface area (Å²) in [7, 11) is 0. The number of nitrogens with zero attached hydrogens (tertiary/aromatic N) is 1. The lowest BCUT2D eigenvalue weighted by Crippen LogP contribution is -2.52. The average Bonchev–Trinajstić information content (AvgIpc) is 2.85. The third-order valence-electron chi connectivity index (χ3n) is 3.65. The van der Waals surface area contributed by atoms with E-state index in [0.29, 0.717) is 4.68 Å². The van der Waals surface area contributed by atoms with E-state index in [0.717, 1.165) is 0 Å². The summed E-state index contributed by atoms with van der Waals surface area (Å²) in [6.07, 6.45) is -6.89. The fourth-order valence-corrected chi connectivity index (χ4v) is 2.50. The van der Waals surface area contributed by atoms with E-state index in [4.69, 9.17) is 0 Å². The summed E-state index contributed by atoms with van der Waals surface area (Å²) in [6.45, 7) is 0. The van der Waals surface area contributed by atoms with Crippen molar-refractivity contribution in [2.24, 2.45) is 0 Å². The standard InChI is InChI=1S/C14H9F3N2O4/c15-14(16,17)12-8(7-9(20)11(22)10(7)21)13(23)19(18-12)6-4-2-1-3-5-6/h1-5,7,9,18,20H. The lowest BCUT2D eigenvalue weighted by Gasteiger charge is -2.28. The molecule has 1 aliphatic rings. The van der Waals surface area contributed by atoms with Crippen molar-refractivity contribution in [3.05, 3.63) is 51.9 Å². The molecule has 0 amide bonds. The van der Waals surface area contributed by atoms with Crippen LogP contribution in [0.1, 0.15) is 17.2 Å². The van der Waals surface area contributed by atoms with Gasteiger partial charge in [-0.2, -0.15) is 13.2 Å². The first-order valence-corrected chi connectivity index (χ1v) is 6.47. The fraction of sp³-hybridized carbons (Fsp3) is 0.214. The van der Waals surface area contributed by atoms with Gasteiger partial charge in [0.1, 0.15) is 11.8 Å². The number of carbonyl (C=O) groups is 2. The number of H-pyrrole nitrogens is 1. The van der Waals surface area contributed by atoms with Crippen LogP contribution in [-0.2, 0) is 15.8 Å². The van der Waals surface area contributed by atoms with Gasteiger partial charge in [-0.05, 0) is 12.1 Å². The zero-order chi connectivity index (χ0) is 16.9. The van der Waals surface area contributed by atoms with E-state index < -0.39 is 46.6 Å². The Morgan fingerprint density at radius 2 is 1.65 bits per heavy atom. The Bertz CT molecular complexity index is 851. The summed E-state index contributed by atoms with van der Waals surface area (Å²) in [5.41, 5.74) is -3.40. The molecule has 120 valence electrons. The highest BCUT2D eigenvalue weighted by Gasteiger charge is 2.54. The Morgan fingerprint density at radius 3 is 2.17 bits per heavy atom. The summed E-state index contributed by atoms with van der Waals surface area (Å²) in [4.78, 5) is 34.9. The van der Waals surface area contributed by atoms with Crippen LogP contribution in [-0.4, -0.2) is 32.6 Å². The Morgan fingerprint density at radius 1 is 1.04 bits per heavy atom. The number of halogens is 3. The highest BCUT2D eigenvalue weighted by Crippen LogP contribution is 2.38. The molecular weight excluding hydrogens is 317 g/mol. The number of alkyl halides is 3. The number of hydrogen-bond donors (Lipinski definition) is 2. The van der Waals surface area contributed by atoms with Crippen LogP contribution in [0.2, 0.25) is 0 Å². The molecule has 2 atom stereocenters. The molecule has 0 bridgehead atoms. The van der Waals surface area contributed by atoms with Gasteiger partial charge in [-0.1, -0.05) is 18.2 Å². The number of carbonyl (C=O) groups excluding carboxylic acids is 2. The van der Waals surface area contributed by atoms with E-state index in [1.807, 2.05) is 5.10 Å². The van der Waals surface area contributed by atoms with Crippen molar-refractivity contribution in [2.45, 2.75) is 18.2 Å². The van der Waals surface area contributed by atoms with Crippen molar-refractivity contribution >= 4 is 11.6 Å². The largest absolute Gasteiger partial charge is 0.433 e. The number of aromatic nitrogens is 2. The molecule has 3 rings (SSSR count). The highest BCUT2D eigenvalue weighted by atomic mass is 19.4. The van der Waals surface area contributed by atoms with Gasteiger partial charge in [0.25, 0.3) is 5.56 Å². The first kappa shape index (κ1) is 15.2. The smallest absolute Gasteiger partial charge is 0.384 e. The minimum Gasteiger partial charge on any atom is -0.384 e. The Balaban J connectivity index is 2.23. The molecule has 2 N–H and O–H groups in total. The van der Waals surface area contributed by atoms with Gasteiger partial charge >= 0.3 is 6.18 Å². The number of aromatic amines is 1. The van der Waals surface area contributed by atoms with E-state index in [2.05, 4.69) is 0 Å². The first-order chi connectivity index (χ1) is 10.7. The number of rotatable bonds is 2. The van der Waals surface area contributed by atoms with Crippen LogP contribution in [0.15, 0.2) is 35.1 Å². The summed E-state index contributed by atoms with van der Waals surface area (Å²) in [5.74, 6) is -4.21. The van der Waals surface area contributed by atoms with Crippen LogP contribution in [0.3, 0.4) is 0 Å². The van der Waals surface area contributed by atoms with Crippen molar-refractivity contribution in [1.29, 1.82) is 0 Å². The number of para-hydroxylation sites is 1. The van der Waals surface area contributed by atoms with Gasteiger partial charge in [0.15, 0.2) is 0 Å². The molecule has 1 heterocycles. The van der Waals surface area contributed by atoms with Gasteiger partial charge in [0.05, 0.1) is 17.2 Å². The summed E-state index contributed by atoms with van der Waals surface area (Å²) in [6, 6.07) is 7.43. The van der Waals surface area contributed by atoms with Crippen molar-refractivity contribution < 1.29 is 27.9 Å². The third-order valence-corrected chi connectivity index (χ3v) is 3.65. The summed E-state index contributed by atoms with van der Waals surface area (Å²) in [5, 5.41) is 11.4. The SMILES string of the molecule is O=C1C(=O)C(c2c(C(F)(F)F)[nH]n(-c3ccccc3)c2=O)C1O. The van der Waals surface area contributed by atoms with Gasteiger partial charge in [-0.15, -0.1) is 0 Å². The summed E-state index contributed by atoms with van der Waals surface area (Å²) < 4.78 is 40.1. The zero-order valence-corrected chi connectivity index (χ0v) is 11.3. The molecule has 6 nitrogen and oxygen atoms in total. The average molecular weight is 326 g/mol. The minimum atomic E-state index is -4.95. The topological polar surface area (TPSA) is 92.2 Å². The molecule has 1 aromatic heterocycles. The first-order valence-electron chi connectivity index (χ1n) is 6.47. The van der Waals surface area contributed by atoms with Crippen LogP contribution in [0.4, 0.5) is 13.2 Å². The Labute approximate surface area is 126 Å².